The molecule has 0 aliphatic rings. The van der Waals surface area contributed by atoms with Crippen LogP contribution >= 0.6 is 0 Å². The predicted molar refractivity (Wildman–Crippen MR) is 60.9 cm³/mol. The number of nitrogens with one attached hydrogen (secondary N) is 2. The number of hydrogen-bond acceptors (Lipinski definition) is 3. The highest BCUT2D eigenvalue weighted by atomic mass is 19.4. The van der Waals surface area contributed by atoms with E-state index in [1.807, 2.05) is 0 Å². The fourth-order valence-electron chi connectivity index (χ4n) is 1.29. The van der Waals surface area contributed by atoms with E-state index in [1.54, 1.807) is 0 Å². The molecule has 0 amide bonds. The summed E-state index contributed by atoms with van der Waals surface area (Å²) in [5.41, 5.74) is -0.436. The minimum Gasteiger partial charge on any atom is -0.384 e. The van der Waals surface area contributed by atoms with Gasteiger partial charge in [0.25, 0.3) is 0 Å². The molecule has 17 heavy (non-hydrogen) atoms. The van der Waals surface area contributed by atoms with Crippen molar-refractivity contribution in [1.29, 1.82) is 0 Å². The molecule has 0 fully saturated rings. The maximum atomic E-state index is 12.4. The van der Waals surface area contributed by atoms with Gasteiger partial charge in [-0.25, -0.2) is 0 Å². The normalized spacial score (nSPS) is 11.5. The summed E-state index contributed by atoms with van der Waals surface area (Å²) in [6.45, 7) is 4.27. The Morgan fingerprint density at radius 3 is 2.65 bits per heavy atom. The highest BCUT2D eigenvalue weighted by Crippen LogP contribution is 2.28. The van der Waals surface area contributed by atoms with Crippen molar-refractivity contribution in [2.24, 2.45) is 0 Å². The standard InChI is InChI=1S/C11H16F3N3/c1-2-4-15-6-7-16-9-3-5-17-10(8-9)11(12,13)14/h3,5,8,15H,2,4,6-7H2,1H3,(H,16,17). The Balaban J connectivity index is 2.44. The first-order valence-electron chi connectivity index (χ1n) is 5.52. The van der Waals surface area contributed by atoms with E-state index >= 15 is 0 Å². The van der Waals surface area contributed by atoms with Crippen LogP contribution in [0.2, 0.25) is 0 Å². The monoisotopic (exact) mass is 247 g/mol. The molecule has 0 unspecified atom stereocenters. The van der Waals surface area contributed by atoms with Gasteiger partial charge in [0, 0.05) is 25.0 Å². The molecular formula is C11H16F3N3. The molecule has 3 nitrogen and oxygen atoms in total. The second kappa shape index (κ2) is 6.44. The molecule has 0 bridgehead atoms. The Morgan fingerprint density at radius 1 is 1.24 bits per heavy atom. The third kappa shape index (κ3) is 5.04. The van der Waals surface area contributed by atoms with Gasteiger partial charge in [-0.05, 0) is 25.1 Å². The zero-order valence-electron chi connectivity index (χ0n) is 9.64. The van der Waals surface area contributed by atoms with Crippen LogP contribution in [0, 0.1) is 0 Å². The molecule has 1 aromatic heterocycles. The van der Waals surface area contributed by atoms with E-state index in [-0.39, 0.29) is 0 Å². The second-order valence-corrected chi connectivity index (χ2v) is 3.60. The number of hydrogen-bond donors (Lipinski definition) is 2. The fraction of sp³-hybridized carbons (Fsp3) is 0.545. The molecule has 0 aliphatic carbocycles. The van der Waals surface area contributed by atoms with E-state index < -0.39 is 11.9 Å². The second-order valence-electron chi connectivity index (χ2n) is 3.60. The number of anilines is 1. The molecule has 1 aromatic rings. The van der Waals surface area contributed by atoms with Crippen molar-refractivity contribution in [3.63, 3.8) is 0 Å². The minimum absolute atomic E-state index is 0.436. The van der Waals surface area contributed by atoms with Crippen LogP contribution in [0.25, 0.3) is 0 Å². The summed E-state index contributed by atoms with van der Waals surface area (Å²) in [4.78, 5) is 3.29. The first-order valence-corrected chi connectivity index (χ1v) is 5.52. The van der Waals surface area contributed by atoms with Crippen molar-refractivity contribution >= 4 is 5.69 Å². The number of halogens is 3. The molecule has 0 saturated carbocycles. The fourth-order valence-corrected chi connectivity index (χ4v) is 1.29. The van der Waals surface area contributed by atoms with Crippen molar-refractivity contribution in [2.75, 3.05) is 25.0 Å². The summed E-state index contributed by atoms with van der Waals surface area (Å²) in [5.74, 6) is 0. The molecule has 6 heteroatoms. The van der Waals surface area contributed by atoms with Crippen LogP contribution in [0.3, 0.4) is 0 Å². The smallest absolute Gasteiger partial charge is 0.384 e. The number of aromatic nitrogens is 1. The lowest BCUT2D eigenvalue weighted by atomic mass is 10.3. The Hall–Kier alpha value is -1.30. The van der Waals surface area contributed by atoms with Gasteiger partial charge in [-0.2, -0.15) is 13.2 Å². The van der Waals surface area contributed by atoms with Crippen molar-refractivity contribution in [3.8, 4) is 0 Å². The quantitative estimate of drug-likeness (QED) is 0.758. The number of alkyl halides is 3. The largest absolute Gasteiger partial charge is 0.433 e. The molecular weight excluding hydrogens is 231 g/mol. The zero-order chi connectivity index (χ0) is 12.7. The van der Waals surface area contributed by atoms with E-state index in [0.29, 0.717) is 12.2 Å². The van der Waals surface area contributed by atoms with Gasteiger partial charge in [0.15, 0.2) is 0 Å². The van der Waals surface area contributed by atoms with Gasteiger partial charge in [0.1, 0.15) is 5.69 Å². The summed E-state index contributed by atoms with van der Waals surface area (Å²) in [7, 11) is 0. The van der Waals surface area contributed by atoms with Crippen molar-refractivity contribution < 1.29 is 13.2 Å². The van der Waals surface area contributed by atoms with Crippen LogP contribution in [-0.2, 0) is 6.18 Å². The summed E-state index contributed by atoms with van der Waals surface area (Å²) < 4.78 is 37.1. The van der Waals surface area contributed by atoms with Crippen molar-refractivity contribution in [1.82, 2.24) is 10.3 Å². The molecule has 0 saturated heterocycles. The average Bonchev–Trinajstić information content (AvgIpc) is 2.28. The van der Waals surface area contributed by atoms with E-state index in [9.17, 15) is 13.2 Å². The highest BCUT2D eigenvalue weighted by Gasteiger charge is 2.32. The Labute approximate surface area is 98.4 Å². The maximum Gasteiger partial charge on any atom is 0.433 e. The molecule has 0 radical (unpaired) electrons. The average molecular weight is 247 g/mol. The SMILES string of the molecule is CCCNCCNc1ccnc(C(F)(F)F)c1. The predicted octanol–water partition coefficient (Wildman–Crippen LogP) is 2.51. The molecule has 1 rings (SSSR count). The van der Waals surface area contributed by atoms with Crippen molar-refractivity contribution in [3.05, 3.63) is 24.0 Å². The van der Waals surface area contributed by atoms with Crippen LogP contribution in [0.15, 0.2) is 18.3 Å². The first-order chi connectivity index (χ1) is 8.04. The molecule has 0 spiro atoms. The van der Waals surface area contributed by atoms with Gasteiger partial charge in [-0.1, -0.05) is 6.92 Å². The lowest BCUT2D eigenvalue weighted by Crippen LogP contribution is -2.22. The molecule has 96 valence electrons. The van der Waals surface area contributed by atoms with Gasteiger partial charge < -0.3 is 10.6 Å². The third-order valence-corrected chi connectivity index (χ3v) is 2.11. The molecule has 0 aliphatic heterocycles. The molecule has 2 N–H and O–H groups in total. The topological polar surface area (TPSA) is 37.0 Å². The van der Waals surface area contributed by atoms with Crippen LogP contribution in [0.4, 0.5) is 18.9 Å². The van der Waals surface area contributed by atoms with Gasteiger partial charge in [0.2, 0.25) is 0 Å². The summed E-state index contributed by atoms with van der Waals surface area (Å²) in [6.07, 6.45) is -2.20. The van der Waals surface area contributed by atoms with Crippen molar-refractivity contribution in [2.45, 2.75) is 19.5 Å². The summed E-state index contributed by atoms with van der Waals surface area (Å²) in [6, 6.07) is 2.54. The number of rotatable bonds is 6. The van der Waals surface area contributed by atoms with Crippen LogP contribution in [-0.4, -0.2) is 24.6 Å². The van der Waals surface area contributed by atoms with Gasteiger partial charge in [-0.3, -0.25) is 4.98 Å². The van der Waals surface area contributed by atoms with Crippen LogP contribution in [0.1, 0.15) is 19.0 Å². The van der Waals surface area contributed by atoms with Gasteiger partial charge in [0.05, 0.1) is 0 Å². The Morgan fingerprint density at radius 2 is 2.00 bits per heavy atom. The van der Waals surface area contributed by atoms with E-state index in [4.69, 9.17) is 0 Å². The number of pyridine rings is 1. The lowest BCUT2D eigenvalue weighted by Gasteiger charge is -2.10. The molecule has 1 heterocycles. The lowest BCUT2D eigenvalue weighted by molar-refractivity contribution is -0.141. The Kier molecular flexibility index (Phi) is 5.21. The maximum absolute atomic E-state index is 12.4. The molecule has 0 atom stereocenters. The van der Waals surface area contributed by atoms with E-state index in [1.165, 1.54) is 6.07 Å². The minimum atomic E-state index is -4.39. The van der Waals surface area contributed by atoms with Crippen LogP contribution in [0.5, 0.6) is 0 Å². The van der Waals surface area contributed by atoms with E-state index in [0.717, 1.165) is 31.8 Å². The van der Waals surface area contributed by atoms with Crippen LogP contribution < -0.4 is 10.6 Å². The third-order valence-electron chi connectivity index (χ3n) is 2.11. The zero-order valence-corrected chi connectivity index (χ0v) is 9.64. The highest BCUT2D eigenvalue weighted by molar-refractivity contribution is 5.43. The van der Waals surface area contributed by atoms with Gasteiger partial charge in [-0.15, -0.1) is 0 Å². The number of nitrogens with zero attached hydrogens (tertiary/aromatic N) is 1. The summed E-state index contributed by atoms with van der Waals surface area (Å²) >= 11 is 0. The Bertz CT molecular complexity index is 339. The summed E-state index contributed by atoms with van der Waals surface area (Å²) in [5, 5.41) is 6.06. The van der Waals surface area contributed by atoms with Gasteiger partial charge >= 0.3 is 6.18 Å². The molecule has 0 aromatic carbocycles. The van der Waals surface area contributed by atoms with E-state index in [2.05, 4.69) is 22.5 Å². The first kappa shape index (κ1) is 13.8.